The first-order valence-electron chi connectivity index (χ1n) is 7.76. The predicted molar refractivity (Wildman–Crippen MR) is 86.5 cm³/mol. The highest BCUT2D eigenvalue weighted by Crippen LogP contribution is 2.48. The van der Waals surface area contributed by atoms with Gasteiger partial charge in [0, 0.05) is 24.3 Å². The van der Waals surface area contributed by atoms with Crippen LogP contribution in [0.4, 0.5) is 0 Å². The van der Waals surface area contributed by atoms with Crippen molar-refractivity contribution in [3.63, 3.8) is 0 Å². The molecule has 1 heterocycles. The molecule has 116 valence electrons. The fraction of sp³-hybridized carbons (Fsp3) is 0.588. The predicted octanol–water partition coefficient (Wildman–Crippen LogP) is 1.19. The van der Waals surface area contributed by atoms with E-state index in [9.17, 15) is 4.79 Å². The Morgan fingerprint density at radius 2 is 2.05 bits per heavy atom. The highest BCUT2D eigenvalue weighted by atomic mass is 16.5. The molecule has 4 nitrogen and oxygen atoms in total. The topological polar surface area (TPSA) is 38.8 Å². The molecule has 1 saturated carbocycles. The quantitative estimate of drug-likeness (QED) is 0.786. The Hall–Kier alpha value is -1.49. The Bertz CT molecular complexity index is 604. The van der Waals surface area contributed by atoms with Gasteiger partial charge in [0.05, 0.1) is 14.2 Å². The van der Waals surface area contributed by atoms with Crippen molar-refractivity contribution in [3.05, 3.63) is 17.7 Å². The molecule has 22 heavy (non-hydrogen) atoms. The molecular weight excluding hydrogens is 277 g/mol. The number of methoxy groups -OCH3 is 2. The number of hydrogen-bond acceptors (Lipinski definition) is 4. The summed E-state index contributed by atoms with van der Waals surface area (Å²) in [6, 6.07) is 4.30. The number of ketones is 1. The monoisotopic (exact) mass is 299 g/mol. The molecule has 3 rings (SSSR count). The van der Waals surface area contributed by atoms with Crippen molar-refractivity contribution < 1.29 is 14.3 Å². The first kappa shape index (κ1) is 15.4. The first-order valence-corrected chi connectivity index (χ1v) is 7.76. The van der Waals surface area contributed by atoms with Crippen LogP contribution in [0.2, 0.25) is 0 Å². The maximum atomic E-state index is 11.9. The molecule has 1 aliphatic carbocycles. The van der Waals surface area contributed by atoms with E-state index in [2.05, 4.69) is 11.9 Å². The highest BCUT2D eigenvalue weighted by Gasteiger charge is 2.50. The number of Topliss-reactive ketones (excluding diaryl/α,β-unsaturated/α-hetero) is 1. The van der Waals surface area contributed by atoms with E-state index in [1.807, 2.05) is 12.1 Å². The van der Waals surface area contributed by atoms with E-state index in [4.69, 9.17) is 17.3 Å². The lowest BCUT2D eigenvalue weighted by Crippen LogP contribution is -2.46. The number of ether oxygens (including phenoxy) is 2. The minimum Gasteiger partial charge on any atom is -0.493 e. The summed E-state index contributed by atoms with van der Waals surface area (Å²) in [5.41, 5.74) is 1.76. The number of nitrogens with zero attached hydrogens (tertiary/aromatic N) is 1. The lowest BCUT2D eigenvalue weighted by molar-refractivity contribution is -0.122. The van der Waals surface area contributed by atoms with Crippen LogP contribution in [-0.2, 0) is 10.2 Å². The SMILES string of the molecule is [B]c1cc([C@@]23CCC(=O)CC2N(C)CC3)cc(OC)c1OC. The molecule has 2 fully saturated rings. The van der Waals surface area contributed by atoms with Gasteiger partial charge in [0.15, 0.2) is 11.5 Å². The van der Waals surface area contributed by atoms with Crippen LogP contribution in [0.25, 0.3) is 0 Å². The minimum absolute atomic E-state index is 0.00364. The Kier molecular flexibility index (Phi) is 3.93. The van der Waals surface area contributed by atoms with Gasteiger partial charge in [-0.1, -0.05) is 11.5 Å². The lowest BCUT2D eigenvalue weighted by Gasteiger charge is -2.41. The van der Waals surface area contributed by atoms with Crippen LogP contribution >= 0.6 is 0 Å². The van der Waals surface area contributed by atoms with Crippen LogP contribution in [0.15, 0.2) is 12.1 Å². The molecule has 5 heteroatoms. The van der Waals surface area contributed by atoms with Crippen LogP contribution in [-0.4, -0.2) is 52.4 Å². The van der Waals surface area contributed by atoms with E-state index in [0.29, 0.717) is 35.6 Å². The standard InChI is InChI=1S/C17H22BNO3/c1-19-7-6-17(5-4-12(20)10-15(17)19)11-8-13(18)16(22-3)14(9-11)21-2/h8-9,15H,4-7,10H2,1-3H3/t15?,17-/m0/s1. The van der Waals surface area contributed by atoms with Crippen molar-refractivity contribution in [2.75, 3.05) is 27.8 Å². The van der Waals surface area contributed by atoms with Gasteiger partial charge in [0.2, 0.25) is 0 Å². The van der Waals surface area contributed by atoms with E-state index in [1.165, 1.54) is 5.56 Å². The van der Waals surface area contributed by atoms with Gasteiger partial charge in [-0.25, -0.2) is 0 Å². The smallest absolute Gasteiger partial charge is 0.160 e. The molecule has 1 aliphatic heterocycles. The van der Waals surface area contributed by atoms with Crippen molar-refractivity contribution in [1.29, 1.82) is 0 Å². The molecule has 0 amide bonds. The number of rotatable bonds is 3. The van der Waals surface area contributed by atoms with Gasteiger partial charge in [0.1, 0.15) is 13.6 Å². The first-order chi connectivity index (χ1) is 10.5. The van der Waals surface area contributed by atoms with Gasteiger partial charge in [-0.05, 0) is 38.1 Å². The van der Waals surface area contributed by atoms with Crippen LogP contribution in [0, 0.1) is 0 Å². The normalized spacial score (nSPS) is 28.5. The van der Waals surface area contributed by atoms with Crippen molar-refractivity contribution in [2.24, 2.45) is 0 Å². The summed E-state index contributed by atoms with van der Waals surface area (Å²) in [5, 5.41) is 0. The molecular formula is C17H22BNO3. The third-order valence-electron chi connectivity index (χ3n) is 5.43. The zero-order valence-electron chi connectivity index (χ0n) is 13.5. The second-order valence-corrected chi connectivity index (χ2v) is 6.45. The van der Waals surface area contributed by atoms with Crippen LogP contribution in [0.3, 0.4) is 0 Å². The molecule has 2 atom stereocenters. The molecule has 0 bridgehead atoms. The highest BCUT2D eigenvalue weighted by molar-refractivity contribution is 6.34. The molecule has 1 aromatic rings. The van der Waals surface area contributed by atoms with E-state index in [-0.39, 0.29) is 11.5 Å². The summed E-state index contributed by atoms with van der Waals surface area (Å²) in [5.74, 6) is 1.61. The summed E-state index contributed by atoms with van der Waals surface area (Å²) in [6.07, 6.45) is 3.22. The number of likely N-dealkylation sites (N-methyl/N-ethyl adjacent to an activating group) is 1. The number of benzene rings is 1. The van der Waals surface area contributed by atoms with Crippen molar-refractivity contribution in [1.82, 2.24) is 4.90 Å². The number of hydrogen-bond donors (Lipinski definition) is 0. The second kappa shape index (κ2) is 5.62. The average Bonchev–Trinajstić information content (AvgIpc) is 2.84. The second-order valence-electron chi connectivity index (χ2n) is 6.45. The van der Waals surface area contributed by atoms with E-state index < -0.39 is 0 Å². The summed E-state index contributed by atoms with van der Waals surface area (Å²) in [7, 11) is 11.5. The van der Waals surface area contributed by atoms with Crippen LogP contribution < -0.4 is 14.9 Å². The van der Waals surface area contributed by atoms with Crippen LogP contribution in [0.1, 0.15) is 31.2 Å². The number of likely N-dealkylation sites (tertiary alicyclic amines) is 1. The van der Waals surface area contributed by atoms with E-state index in [1.54, 1.807) is 14.2 Å². The number of carbonyl (C=O) groups is 1. The third kappa shape index (κ3) is 2.23. The average molecular weight is 299 g/mol. The Morgan fingerprint density at radius 3 is 2.73 bits per heavy atom. The summed E-state index contributed by atoms with van der Waals surface area (Å²) >= 11 is 0. The minimum atomic E-state index is -0.00364. The van der Waals surface area contributed by atoms with E-state index >= 15 is 0 Å². The maximum absolute atomic E-state index is 11.9. The van der Waals surface area contributed by atoms with Gasteiger partial charge in [-0.15, -0.1) is 0 Å². The summed E-state index contributed by atoms with van der Waals surface area (Å²) in [4.78, 5) is 14.2. The number of carbonyl (C=O) groups excluding carboxylic acids is 1. The summed E-state index contributed by atoms with van der Waals surface area (Å²) in [6.45, 7) is 1.01. The zero-order valence-corrected chi connectivity index (χ0v) is 13.5. The molecule has 2 aliphatic rings. The van der Waals surface area contributed by atoms with Gasteiger partial charge in [-0.3, -0.25) is 4.79 Å². The van der Waals surface area contributed by atoms with Crippen molar-refractivity contribution in [3.8, 4) is 11.5 Å². The zero-order chi connectivity index (χ0) is 15.9. The fourth-order valence-corrected chi connectivity index (χ4v) is 4.21. The molecule has 0 N–H and O–H groups in total. The van der Waals surface area contributed by atoms with Crippen molar-refractivity contribution in [2.45, 2.75) is 37.1 Å². The van der Waals surface area contributed by atoms with Gasteiger partial charge in [0.25, 0.3) is 0 Å². The van der Waals surface area contributed by atoms with Gasteiger partial charge >= 0.3 is 0 Å². The molecule has 0 spiro atoms. The third-order valence-corrected chi connectivity index (χ3v) is 5.43. The molecule has 2 radical (unpaired) electrons. The van der Waals surface area contributed by atoms with Crippen molar-refractivity contribution >= 4 is 19.1 Å². The van der Waals surface area contributed by atoms with E-state index in [0.717, 1.165) is 19.4 Å². The van der Waals surface area contributed by atoms with Gasteiger partial charge in [-0.2, -0.15) is 0 Å². The maximum Gasteiger partial charge on any atom is 0.160 e. The lowest BCUT2D eigenvalue weighted by atomic mass is 9.65. The fourth-order valence-electron chi connectivity index (χ4n) is 4.21. The Labute approximate surface area is 133 Å². The molecule has 1 aromatic carbocycles. The molecule has 1 unspecified atom stereocenters. The molecule has 0 aromatic heterocycles. The van der Waals surface area contributed by atoms with Gasteiger partial charge < -0.3 is 14.4 Å². The Morgan fingerprint density at radius 1 is 1.27 bits per heavy atom. The summed E-state index contributed by atoms with van der Waals surface area (Å²) < 4.78 is 10.8. The largest absolute Gasteiger partial charge is 0.493 e. The molecule has 1 saturated heterocycles. The number of fused-ring (bicyclic) bond motifs is 1. The van der Waals surface area contributed by atoms with Crippen LogP contribution in [0.5, 0.6) is 11.5 Å². The Balaban J connectivity index is 2.09.